The van der Waals surface area contributed by atoms with Crippen LogP contribution in [-0.4, -0.2) is 18.8 Å². The summed E-state index contributed by atoms with van der Waals surface area (Å²) in [4.78, 5) is 1.38. The van der Waals surface area contributed by atoms with Crippen LogP contribution in [0.3, 0.4) is 0 Å². The number of fused-ring (bicyclic) bond motifs is 1. The van der Waals surface area contributed by atoms with Gasteiger partial charge in [0, 0.05) is 4.90 Å². The third-order valence-corrected chi connectivity index (χ3v) is 3.99. The van der Waals surface area contributed by atoms with Gasteiger partial charge in [0.05, 0.1) is 0 Å². The van der Waals surface area contributed by atoms with E-state index in [1.807, 2.05) is 11.8 Å². The molecular weight excluding hydrogens is 238 g/mol. The Morgan fingerprint density at radius 1 is 1.00 bits per heavy atom. The average Bonchev–Trinajstić information content (AvgIpc) is 2.42. The summed E-state index contributed by atoms with van der Waals surface area (Å²) in [6, 6.07) is 15.3. The van der Waals surface area contributed by atoms with Crippen molar-refractivity contribution in [2.24, 2.45) is 0 Å². The highest BCUT2D eigenvalue weighted by atomic mass is 32.2. The topological polar surface area (TPSA) is 12.0 Å². The maximum absolute atomic E-state index is 3.44. The van der Waals surface area contributed by atoms with Crippen molar-refractivity contribution in [3.05, 3.63) is 42.5 Å². The van der Waals surface area contributed by atoms with Crippen molar-refractivity contribution < 1.29 is 0 Å². The predicted octanol–water partition coefficient (Wildman–Crippen LogP) is 4.32. The molecule has 0 unspecified atom stereocenters. The van der Waals surface area contributed by atoms with Crippen molar-refractivity contribution >= 4 is 22.5 Å². The second-order valence-corrected chi connectivity index (χ2v) is 5.63. The van der Waals surface area contributed by atoms with Crippen molar-refractivity contribution in [1.29, 1.82) is 0 Å². The summed E-state index contributed by atoms with van der Waals surface area (Å²) in [5.41, 5.74) is 0. The van der Waals surface area contributed by atoms with Crippen LogP contribution in [0.15, 0.2) is 47.4 Å². The van der Waals surface area contributed by atoms with Gasteiger partial charge in [0.1, 0.15) is 0 Å². The molecule has 18 heavy (non-hydrogen) atoms. The fourth-order valence-corrected chi connectivity index (χ4v) is 2.85. The summed E-state index contributed by atoms with van der Waals surface area (Å²) in [6.45, 7) is 4.48. The first-order valence-corrected chi connectivity index (χ1v) is 7.71. The Morgan fingerprint density at radius 2 is 1.83 bits per heavy atom. The normalized spacial score (nSPS) is 10.9. The van der Waals surface area contributed by atoms with Crippen LogP contribution in [0.2, 0.25) is 0 Å². The Hall–Kier alpha value is -0.990. The lowest BCUT2D eigenvalue weighted by Crippen LogP contribution is -2.16. The summed E-state index contributed by atoms with van der Waals surface area (Å²) in [5.74, 6) is 1.19. The van der Waals surface area contributed by atoms with Crippen molar-refractivity contribution in [2.75, 3.05) is 18.8 Å². The Morgan fingerprint density at radius 3 is 2.67 bits per heavy atom. The van der Waals surface area contributed by atoms with E-state index in [1.54, 1.807) is 0 Å². The monoisotopic (exact) mass is 259 g/mol. The molecule has 0 radical (unpaired) electrons. The summed E-state index contributed by atoms with van der Waals surface area (Å²) in [7, 11) is 0. The number of rotatable bonds is 7. The fourth-order valence-electron chi connectivity index (χ4n) is 1.95. The molecule has 1 N–H and O–H groups in total. The molecule has 2 aromatic carbocycles. The molecule has 0 fully saturated rings. The molecule has 0 heterocycles. The van der Waals surface area contributed by atoms with Gasteiger partial charge in [0.25, 0.3) is 0 Å². The van der Waals surface area contributed by atoms with Crippen LogP contribution in [0.5, 0.6) is 0 Å². The van der Waals surface area contributed by atoms with Crippen LogP contribution in [0.4, 0.5) is 0 Å². The van der Waals surface area contributed by atoms with Gasteiger partial charge in [0.15, 0.2) is 0 Å². The molecule has 2 aromatic rings. The molecule has 0 aliphatic carbocycles. The van der Waals surface area contributed by atoms with Gasteiger partial charge >= 0.3 is 0 Å². The molecule has 96 valence electrons. The molecule has 0 saturated carbocycles. The van der Waals surface area contributed by atoms with E-state index in [9.17, 15) is 0 Å². The SMILES string of the molecule is CCCNCCCSc1ccc2ccccc2c1. The lowest BCUT2D eigenvalue weighted by molar-refractivity contribution is 0.664. The largest absolute Gasteiger partial charge is 0.317 e. The first kappa shape index (κ1) is 13.4. The minimum absolute atomic E-state index is 1.13. The predicted molar refractivity (Wildman–Crippen MR) is 82.4 cm³/mol. The maximum atomic E-state index is 3.44. The van der Waals surface area contributed by atoms with E-state index < -0.39 is 0 Å². The zero-order valence-electron chi connectivity index (χ0n) is 11.0. The number of thioether (sulfide) groups is 1. The van der Waals surface area contributed by atoms with E-state index >= 15 is 0 Å². The first-order valence-electron chi connectivity index (χ1n) is 6.72. The van der Waals surface area contributed by atoms with Crippen LogP contribution in [0.1, 0.15) is 19.8 Å². The first-order chi connectivity index (χ1) is 8.90. The molecular formula is C16H21NS. The highest BCUT2D eigenvalue weighted by Crippen LogP contribution is 2.23. The molecule has 0 aromatic heterocycles. The third-order valence-electron chi connectivity index (χ3n) is 2.91. The Kier molecular flexibility index (Phi) is 5.56. The zero-order chi connectivity index (χ0) is 12.6. The molecule has 1 nitrogen and oxygen atoms in total. The molecule has 2 rings (SSSR count). The average molecular weight is 259 g/mol. The zero-order valence-corrected chi connectivity index (χ0v) is 11.8. The molecule has 0 bridgehead atoms. The van der Waals surface area contributed by atoms with E-state index in [-0.39, 0.29) is 0 Å². The lowest BCUT2D eigenvalue weighted by atomic mass is 10.1. The number of hydrogen-bond donors (Lipinski definition) is 1. The smallest absolute Gasteiger partial charge is 0.00783 e. The van der Waals surface area contributed by atoms with E-state index in [1.165, 1.54) is 34.3 Å². The van der Waals surface area contributed by atoms with Gasteiger partial charge in [-0.15, -0.1) is 11.8 Å². The summed E-state index contributed by atoms with van der Waals surface area (Å²) >= 11 is 1.95. The van der Waals surface area contributed by atoms with Crippen LogP contribution in [0.25, 0.3) is 10.8 Å². The van der Waals surface area contributed by atoms with Crippen LogP contribution < -0.4 is 5.32 Å². The number of benzene rings is 2. The van der Waals surface area contributed by atoms with E-state index in [0.29, 0.717) is 0 Å². The highest BCUT2D eigenvalue weighted by molar-refractivity contribution is 7.99. The van der Waals surface area contributed by atoms with Crippen LogP contribution in [0, 0.1) is 0 Å². The van der Waals surface area contributed by atoms with Crippen molar-refractivity contribution in [2.45, 2.75) is 24.7 Å². The van der Waals surface area contributed by atoms with Gasteiger partial charge in [-0.25, -0.2) is 0 Å². The molecule has 0 aliphatic heterocycles. The summed E-state index contributed by atoms with van der Waals surface area (Å²) in [5, 5.41) is 6.10. The molecule has 0 spiro atoms. The Balaban J connectivity index is 1.81. The molecule has 0 amide bonds. The Bertz CT molecular complexity index is 481. The molecule has 2 heteroatoms. The van der Waals surface area contributed by atoms with Crippen molar-refractivity contribution in [3.8, 4) is 0 Å². The van der Waals surface area contributed by atoms with Gasteiger partial charge < -0.3 is 5.32 Å². The van der Waals surface area contributed by atoms with Gasteiger partial charge in [-0.3, -0.25) is 0 Å². The Labute approximate surface area is 114 Å². The van der Waals surface area contributed by atoms with Gasteiger partial charge in [-0.2, -0.15) is 0 Å². The van der Waals surface area contributed by atoms with Crippen LogP contribution >= 0.6 is 11.8 Å². The second-order valence-electron chi connectivity index (χ2n) is 4.46. The molecule has 0 aliphatic rings. The highest BCUT2D eigenvalue weighted by Gasteiger charge is 1.97. The minimum atomic E-state index is 1.13. The summed E-state index contributed by atoms with van der Waals surface area (Å²) in [6.07, 6.45) is 2.45. The standard InChI is InChI=1S/C16H21NS/c1-2-10-17-11-5-12-18-16-9-8-14-6-3-4-7-15(14)13-16/h3-4,6-9,13,17H,2,5,10-12H2,1H3. The fraction of sp³-hybridized carbons (Fsp3) is 0.375. The van der Waals surface area contributed by atoms with Gasteiger partial charge in [-0.05, 0) is 54.6 Å². The van der Waals surface area contributed by atoms with E-state index in [0.717, 1.165) is 13.1 Å². The molecule has 0 atom stereocenters. The van der Waals surface area contributed by atoms with E-state index in [2.05, 4.69) is 54.7 Å². The summed E-state index contributed by atoms with van der Waals surface area (Å²) < 4.78 is 0. The number of hydrogen-bond acceptors (Lipinski definition) is 2. The maximum Gasteiger partial charge on any atom is 0.00783 e. The van der Waals surface area contributed by atoms with Crippen molar-refractivity contribution in [1.82, 2.24) is 5.32 Å². The van der Waals surface area contributed by atoms with Crippen molar-refractivity contribution in [3.63, 3.8) is 0 Å². The second kappa shape index (κ2) is 7.45. The van der Waals surface area contributed by atoms with Gasteiger partial charge in [0.2, 0.25) is 0 Å². The van der Waals surface area contributed by atoms with Crippen LogP contribution in [-0.2, 0) is 0 Å². The third kappa shape index (κ3) is 4.04. The molecule has 0 saturated heterocycles. The van der Waals surface area contributed by atoms with Gasteiger partial charge in [-0.1, -0.05) is 37.3 Å². The van der Waals surface area contributed by atoms with E-state index in [4.69, 9.17) is 0 Å². The number of nitrogens with one attached hydrogen (secondary N) is 1. The minimum Gasteiger partial charge on any atom is -0.317 e. The lowest BCUT2D eigenvalue weighted by Gasteiger charge is -2.05. The quantitative estimate of drug-likeness (QED) is 0.587.